The average molecular weight is 599 g/mol. The van der Waals surface area contributed by atoms with Crippen molar-refractivity contribution in [1.29, 1.82) is 10.5 Å². The van der Waals surface area contributed by atoms with Crippen molar-refractivity contribution in [3.05, 3.63) is 155 Å². The molecule has 0 unspecified atom stereocenters. The summed E-state index contributed by atoms with van der Waals surface area (Å²) >= 11 is 0. The number of nitriles is 2. The number of para-hydroxylation sites is 2. The minimum Gasteiger partial charge on any atom is -0.310 e. The number of aromatic nitrogens is 2. The molecule has 216 valence electrons. The third kappa shape index (κ3) is 4.15. The van der Waals surface area contributed by atoms with Gasteiger partial charge in [-0.1, -0.05) is 66.7 Å². The predicted molar refractivity (Wildman–Crippen MR) is 187 cm³/mol. The first-order valence-corrected chi connectivity index (χ1v) is 15.0. The van der Waals surface area contributed by atoms with Crippen LogP contribution in [-0.4, -0.2) is 9.13 Å². The Morgan fingerprint density at radius 2 is 1.11 bits per heavy atom. The molecule has 6 nitrogen and oxygen atoms in total. The fourth-order valence-electron chi connectivity index (χ4n) is 6.85. The van der Waals surface area contributed by atoms with Crippen molar-refractivity contribution >= 4 is 55.0 Å². The molecule has 6 aromatic carbocycles. The average Bonchev–Trinajstić information content (AvgIpc) is 3.62. The highest BCUT2D eigenvalue weighted by atomic mass is 15.0. The van der Waals surface area contributed by atoms with Crippen LogP contribution >= 0.6 is 0 Å². The molecule has 0 saturated carbocycles. The van der Waals surface area contributed by atoms with E-state index in [-0.39, 0.29) is 0 Å². The van der Waals surface area contributed by atoms with Gasteiger partial charge in [0.15, 0.2) is 11.4 Å². The lowest BCUT2D eigenvalue weighted by Gasteiger charge is -2.19. The number of hydrogen-bond acceptors (Lipinski definition) is 2. The summed E-state index contributed by atoms with van der Waals surface area (Å²) in [5.74, 6) is 0. The van der Waals surface area contributed by atoms with E-state index in [1.54, 1.807) is 0 Å². The summed E-state index contributed by atoms with van der Waals surface area (Å²) in [4.78, 5) is 7.42. The van der Waals surface area contributed by atoms with Crippen LogP contribution in [0.3, 0.4) is 0 Å². The number of benzene rings is 6. The lowest BCUT2D eigenvalue weighted by Crippen LogP contribution is -2.04. The maximum Gasteiger partial charge on any atom is 0.189 e. The van der Waals surface area contributed by atoms with E-state index in [0.29, 0.717) is 28.2 Å². The van der Waals surface area contributed by atoms with Crippen molar-refractivity contribution in [3.63, 3.8) is 0 Å². The molecule has 8 aromatic rings. The van der Waals surface area contributed by atoms with Gasteiger partial charge in [0.2, 0.25) is 0 Å². The van der Waals surface area contributed by atoms with Gasteiger partial charge in [-0.2, -0.15) is 10.5 Å². The highest BCUT2D eigenvalue weighted by Crippen LogP contribution is 2.42. The zero-order chi connectivity index (χ0) is 32.2. The monoisotopic (exact) mass is 598 g/mol. The summed E-state index contributed by atoms with van der Waals surface area (Å²) < 4.78 is 4.19. The maximum absolute atomic E-state index is 10.8. The second-order valence-corrected chi connectivity index (χ2v) is 11.5. The van der Waals surface area contributed by atoms with Crippen LogP contribution in [-0.2, 0) is 0 Å². The molecule has 8 rings (SSSR count). The molecule has 2 heterocycles. The van der Waals surface area contributed by atoms with Crippen LogP contribution in [0.1, 0.15) is 16.7 Å². The first-order chi connectivity index (χ1) is 23.0. The molecule has 0 radical (unpaired) electrons. The van der Waals surface area contributed by atoms with Crippen LogP contribution in [0.4, 0.5) is 11.4 Å². The van der Waals surface area contributed by atoms with Gasteiger partial charge in [0, 0.05) is 38.1 Å². The van der Waals surface area contributed by atoms with E-state index in [1.165, 1.54) is 0 Å². The van der Waals surface area contributed by atoms with E-state index in [9.17, 15) is 10.5 Å². The maximum atomic E-state index is 10.8. The van der Waals surface area contributed by atoms with Gasteiger partial charge in [0.05, 0.1) is 52.7 Å². The molecule has 0 amide bonds. The van der Waals surface area contributed by atoms with Crippen molar-refractivity contribution in [3.8, 4) is 34.6 Å². The Bertz CT molecular complexity index is 2800. The standard InChI is InChI=1S/C41H22N6/c1-25-16-26(23-42)18-27(17-25)35-22-38(46-36-10-6-4-8-31(36)33-14-12-29(44-2)20-40(33)46)28(24-43)19-39(35)47-37-11-7-5-9-32(37)34-15-13-30(45-3)21-41(34)47/h4-22H,1H3. The fourth-order valence-corrected chi connectivity index (χ4v) is 6.85. The fraction of sp³-hybridized carbons (Fsp3) is 0.0244. The van der Waals surface area contributed by atoms with Crippen LogP contribution in [0.5, 0.6) is 0 Å². The van der Waals surface area contributed by atoms with E-state index < -0.39 is 0 Å². The number of aryl methyl sites for hydroxylation is 1. The molecule has 0 aliphatic carbocycles. The lowest BCUT2D eigenvalue weighted by molar-refractivity contribution is 1.14. The first kappa shape index (κ1) is 27.4. The minimum absolute atomic E-state index is 0.444. The molecule has 47 heavy (non-hydrogen) atoms. The first-order valence-electron chi connectivity index (χ1n) is 15.0. The van der Waals surface area contributed by atoms with E-state index in [1.807, 2.05) is 104 Å². The lowest BCUT2D eigenvalue weighted by atomic mass is 9.96. The molecule has 0 aliphatic rings. The smallest absolute Gasteiger partial charge is 0.189 e. The van der Waals surface area contributed by atoms with Gasteiger partial charge in [0.25, 0.3) is 0 Å². The molecule has 0 bridgehead atoms. The van der Waals surface area contributed by atoms with Gasteiger partial charge in [-0.05, 0) is 66.6 Å². The summed E-state index contributed by atoms with van der Waals surface area (Å²) in [6.07, 6.45) is 0. The number of fused-ring (bicyclic) bond motifs is 6. The summed E-state index contributed by atoms with van der Waals surface area (Å²) in [6, 6.07) is 42.0. The van der Waals surface area contributed by atoms with Crippen LogP contribution in [0.2, 0.25) is 0 Å². The zero-order valence-corrected chi connectivity index (χ0v) is 25.2. The van der Waals surface area contributed by atoms with Gasteiger partial charge in [-0.15, -0.1) is 0 Å². The van der Waals surface area contributed by atoms with Gasteiger partial charge in [0.1, 0.15) is 6.07 Å². The van der Waals surface area contributed by atoms with Gasteiger partial charge >= 0.3 is 0 Å². The Morgan fingerprint density at radius 1 is 0.553 bits per heavy atom. The number of rotatable bonds is 3. The Labute approximate surface area is 270 Å². The summed E-state index contributed by atoms with van der Waals surface area (Å²) in [5.41, 5.74) is 9.56. The third-order valence-electron chi connectivity index (χ3n) is 8.81. The summed E-state index contributed by atoms with van der Waals surface area (Å²) in [7, 11) is 0. The molecule has 6 heteroatoms. The second kappa shape index (κ2) is 10.5. The normalized spacial score (nSPS) is 11.0. The van der Waals surface area contributed by atoms with Crippen molar-refractivity contribution in [2.24, 2.45) is 0 Å². The quantitative estimate of drug-likeness (QED) is 0.190. The Hall–Kier alpha value is -7.12. The van der Waals surface area contributed by atoms with Crippen LogP contribution < -0.4 is 0 Å². The van der Waals surface area contributed by atoms with E-state index >= 15 is 0 Å². The van der Waals surface area contributed by atoms with E-state index in [0.717, 1.165) is 66.0 Å². The molecular formula is C41H22N6. The SMILES string of the molecule is [C-]#[N+]c1ccc2c3ccccc3n(-c3cc(-c4cc(C)cc(C#N)c4)c(-n4c5ccccc5c5ccc([N+]#[C-])cc54)cc3C#N)c2c1. The highest BCUT2D eigenvalue weighted by molar-refractivity contribution is 6.12. The number of hydrogen-bond donors (Lipinski definition) is 0. The van der Waals surface area contributed by atoms with E-state index in [2.05, 4.69) is 49.2 Å². The van der Waals surface area contributed by atoms with Crippen LogP contribution in [0, 0.1) is 42.7 Å². The van der Waals surface area contributed by atoms with Crippen LogP contribution in [0.15, 0.2) is 115 Å². The highest BCUT2D eigenvalue weighted by Gasteiger charge is 2.22. The topological polar surface area (TPSA) is 66.2 Å². The van der Waals surface area contributed by atoms with Gasteiger partial charge in [-0.3, -0.25) is 0 Å². The predicted octanol–water partition coefficient (Wildman–Crippen LogP) is 10.7. The molecule has 0 aliphatic heterocycles. The third-order valence-corrected chi connectivity index (χ3v) is 8.81. The molecule has 0 atom stereocenters. The molecule has 0 N–H and O–H groups in total. The summed E-state index contributed by atoms with van der Waals surface area (Å²) in [6.45, 7) is 17.4. The second-order valence-electron chi connectivity index (χ2n) is 11.5. The minimum atomic E-state index is 0.444. The van der Waals surface area contributed by atoms with Gasteiger partial charge in [-0.25, -0.2) is 9.69 Å². The van der Waals surface area contributed by atoms with Crippen LogP contribution in [0.25, 0.3) is 75.8 Å². The molecule has 2 aromatic heterocycles. The molecule has 0 saturated heterocycles. The summed E-state index contributed by atoms with van der Waals surface area (Å²) in [5, 5.41) is 24.8. The van der Waals surface area contributed by atoms with Gasteiger partial charge < -0.3 is 9.13 Å². The Kier molecular flexibility index (Phi) is 6.13. The molecular weight excluding hydrogens is 576 g/mol. The number of nitrogens with zero attached hydrogens (tertiary/aromatic N) is 6. The van der Waals surface area contributed by atoms with Crippen molar-refractivity contribution in [1.82, 2.24) is 9.13 Å². The largest absolute Gasteiger partial charge is 0.310 e. The zero-order valence-electron chi connectivity index (χ0n) is 25.2. The Balaban J connectivity index is 1.56. The molecule has 0 spiro atoms. The van der Waals surface area contributed by atoms with Crippen molar-refractivity contribution in [2.45, 2.75) is 6.92 Å². The van der Waals surface area contributed by atoms with Crippen molar-refractivity contribution < 1.29 is 0 Å². The molecule has 0 fully saturated rings. The van der Waals surface area contributed by atoms with E-state index in [4.69, 9.17) is 13.1 Å². The Morgan fingerprint density at radius 3 is 1.66 bits per heavy atom. The van der Waals surface area contributed by atoms with Crippen molar-refractivity contribution in [2.75, 3.05) is 0 Å².